The molecule has 0 saturated carbocycles. The van der Waals surface area contributed by atoms with Gasteiger partial charge in [0.05, 0.1) is 11.2 Å². The van der Waals surface area contributed by atoms with E-state index in [2.05, 4.69) is 10.3 Å². The molecule has 0 bridgehead atoms. The van der Waals surface area contributed by atoms with Gasteiger partial charge < -0.3 is 28.4 Å². The highest BCUT2D eigenvalue weighted by Crippen LogP contribution is 2.37. The summed E-state index contributed by atoms with van der Waals surface area (Å²) in [6.07, 6.45) is 2.14. The van der Waals surface area contributed by atoms with Crippen molar-refractivity contribution >= 4 is 15.7 Å². The molecule has 1 N–H and O–H groups in total. The van der Waals surface area contributed by atoms with Gasteiger partial charge in [0.15, 0.2) is 17.3 Å². The Kier molecular flexibility index (Phi) is 5.96. The van der Waals surface area contributed by atoms with E-state index >= 15 is 0 Å². The number of hydrogen-bond acceptors (Lipinski definition) is 9. The Bertz CT molecular complexity index is 1090. The number of fused-ring (bicyclic) bond motifs is 1. The molecule has 0 atom stereocenters. The fraction of sp³-hybridized carbons (Fsp3) is 0.350. The number of nitrogens with zero attached hydrogens (tertiary/aromatic N) is 1. The van der Waals surface area contributed by atoms with Crippen LogP contribution in [0.4, 0.5) is 5.88 Å². The number of hydrogen-bond donors (Lipinski definition) is 1. The average molecular weight is 434 g/mol. The highest BCUT2D eigenvalue weighted by atomic mass is 32.2. The van der Waals surface area contributed by atoms with Crippen LogP contribution in [0.3, 0.4) is 0 Å². The normalized spacial score (nSPS) is 13.4. The molecule has 2 aromatic heterocycles. The van der Waals surface area contributed by atoms with Crippen LogP contribution in [0.5, 0.6) is 11.5 Å². The van der Waals surface area contributed by atoms with Crippen LogP contribution in [0.25, 0.3) is 11.7 Å². The van der Waals surface area contributed by atoms with Gasteiger partial charge in [0.1, 0.15) is 13.2 Å². The fourth-order valence-corrected chi connectivity index (χ4v) is 4.22. The molecule has 0 spiro atoms. The van der Waals surface area contributed by atoms with Crippen LogP contribution in [0.1, 0.15) is 13.3 Å². The first-order valence-electron chi connectivity index (χ1n) is 9.60. The summed E-state index contributed by atoms with van der Waals surface area (Å²) < 4.78 is 54.0. The molecule has 0 aliphatic carbocycles. The number of aromatic nitrogens is 1. The molecule has 9 nitrogen and oxygen atoms in total. The summed E-state index contributed by atoms with van der Waals surface area (Å²) in [4.78, 5) is 4.24. The zero-order valence-electron chi connectivity index (χ0n) is 16.4. The van der Waals surface area contributed by atoms with Crippen LogP contribution in [0.2, 0.25) is 0 Å². The third-order valence-electron chi connectivity index (χ3n) is 4.36. The van der Waals surface area contributed by atoms with Crippen molar-refractivity contribution < 1.29 is 31.5 Å². The van der Waals surface area contributed by atoms with Crippen LogP contribution in [-0.4, -0.2) is 46.4 Å². The molecule has 0 amide bonds. The molecule has 0 radical (unpaired) electrons. The Morgan fingerprint density at radius 3 is 2.77 bits per heavy atom. The van der Waals surface area contributed by atoms with Crippen molar-refractivity contribution in [2.45, 2.75) is 23.3 Å². The van der Waals surface area contributed by atoms with E-state index in [0.29, 0.717) is 56.7 Å². The summed E-state index contributed by atoms with van der Waals surface area (Å²) in [5, 5.41) is 2.79. The van der Waals surface area contributed by atoms with E-state index in [1.807, 2.05) is 6.92 Å². The minimum Gasteiger partial charge on any atom is -0.486 e. The van der Waals surface area contributed by atoms with Gasteiger partial charge in [-0.2, -0.15) is 4.98 Å². The maximum Gasteiger partial charge on any atom is 0.266 e. The predicted molar refractivity (Wildman–Crippen MR) is 107 cm³/mol. The van der Waals surface area contributed by atoms with Gasteiger partial charge in [-0.3, -0.25) is 0 Å². The quantitative estimate of drug-likeness (QED) is 0.506. The van der Waals surface area contributed by atoms with Crippen molar-refractivity contribution in [1.29, 1.82) is 0 Å². The van der Waals surface area contributed by atoms with Crippen molar-refractivity contribution in [3.63, 3.8) is 0 Å². The molecular weight excluding hydrogens is 412 g/mol. The van der Waals surface area contributed by atoms with E-state index in [-0.39, 0.29) is 21.7 Å². The van der Waals surface area contributed by atoms with E-state index < -0.39 is 9.84 Å². The number of oxazole rings is 1. The van der Waals surface area contributed by atoms with Crippen molar-refractivity contribution in [3.05, 3.63) is 36.6 Å². The van der Waals surface area contributed by atoms with Gasteiger partial charge in [0, 0.05) is 25.8 Å². The van der Waals surface area contributed by atoms with Gasteiger partial charge >= 0.3 is 0 Å². The second kappa shape index (κ2) is 8.80. The third-order valence-corrected chi connectivity index (χ3v) is 6.02. The molecule has 30 heavy (non-hydrogen) atoms. The SMILES string of the molecule is CCOCCCNc1oc(-c2ccco2)nc1S(=O)(=O)c1ccc2c(c1)OCCO2. The van der Waals surface area contributed by atoms with Crippen molar-refractivity contribution in [1.82, 2.24) is 4.98 Å². The van der Waals surface area contributed by atoms with Gasteiger partial charge in [-0.25, -0.2) is 8.42 Å². The van der Waals surface area contributed by atoms with E-state index in [4.69, 9.17) is 23.0 Å². The van der Waals surface area contributed by atoms with Gasteiger partial charge in [0.25, 0.3) is 5.89 Å². The molecule has 160 valence electrons. The Balaban J connectivity index is 1.66. The van der Waals surface area contributed by atoms with Crippen LogP contribution in [-0.2, 0) is 14.6 Å². The number of rotatable bonds is 9. The maximum atomic E-state index is 13.3. The summed E-state index contributed by atoms with van der Waals surface area (Å²) in [6, 6.07) is 7.78. The Labute approximate surface area is 173 Å². The third kappa shape index (κ3) is 4.14. The number of sulfone groups is 1. The summed E-state index contributed by atoms with van der Waals surface area (Å²) in [7, 11) is -4.00. The molecule has 0 fully saturated rings. The van der Waals surface area contributed by atoms with Crippen LogP contribution in [0.15, 0.2) is 55.4 Å². The zero-order valence-corrected chi connectivity index (χ0v) is 17.2. The topological polar surface area (TPSA) is 113 Å². The Hall–Kier alpha value is -2.98. The van der Waals surface area contributed by atoms with Crippen LogP contribution < -0.4 is 14.8 Å². The number of nitrogens with one attached hydrogen (secondary N) is 1. The minimum absolute atomic E-state index is 0.0309. The monoisotopic (exact) mass is 434 g/mol. The summed E-state index contributed by atoms with van der Waals surface area (Å²) >= 11 is 0. The van der Waals surface area contributed by atoms with E-state index in [1.54, 1.807) is 18.2 Å². The average Bonchev–Trinajstić information content (AvgIpc) is 3.43. The van der Waals surface area contributed by atoms with Crippen LogP contribution in [0, 0.1) is 0 Å². The number of anilines is 1. The summed E-state index contributed by atoms with van der Waals surface area (Å²) in [5.41, 5.74) is 0. The highest BCUT2D eigenvalue weighted by molar-refractivity contribution is 7.91. The molecule has 4 rings (SSSR count). The smallest absolute Gasteiger partial charge is 0.266 e. The van der Waals surface area contributed by atoms with Crippen molar-refractivity contribution in [2.75, 3.05) is 38.3 Å². The molecule has 1 aliphatic rings. The molecule has 10 heteroatoms. The fourth-order valence-electron chi connectivity index (χ4n) is 2.93. The molecule has 1 aliphatic heterocycles. The lowest BCUT2D eigenvalue weighted by Gasteiger charge is -2.18. The number of furan rings is 1. The molecule has 0 unspecified atom stereocenters. The van der Waals surface area contributed by atoms with Gasteiger partial charge in [-0.1, -0.05) is 0 Å². The van der Waals surface area contributed by atoms with Crippen LogP contribution >= 0.6 is 0 Å². The van der Waals surface area contributed by atoms with E-state index in [1.165, 1.54) is 18.4 Å². The van der Waals surface area contributed by atoms with Crippen molar-refractivity contribution in [3.8, 4) is 23.1 Å². The molecule has 3 heterocycles. The summed E-state index contributed by atoms with van der Waals surface area (Å²) in [5.74, 6) is 1.33. The predicted octanol–water partition coefficient (Wildman–Crippen LogP) is 3.38. The number of benzene rings is 1. The van der Waals surface area contributed by atoms with E-state index in [9.17, 15) is 8.42 Å². The highest BCUT2D eigenvalue weighted by Gasteiger charge is 2.30. The van der Waals surface area contributed by atoms with Gasteiger partial charge in [0.2, 0.25) is 20.7 Å². The lowest BCUT2D eigenvalue weighted by molar-refractivity contribution is 0.147. The molecule has 0 saturated heterocycles. The second-order valence-electron chi connectivity index (χ2n) is 6.42. The molecule has 3 aromatic rings. The zero-order chi connectivity index (χ0) is 21.0. The lowest BCUT2D eigenvalue weighted by Crippen LogP contribution is -2.16. The first-order chi connectivity index (χ1) is 14.6. The first-order valence-corrected chi connectivity index (χ1v) is 11.1. The van der Waals surface area contributed by atoms with Crippen molar-refractivity contribution in [2.24, 2.45) is 0 Å². The lowest BCUT2D eigenvalue weighted by atomic mass is 10.3. The van der Waals surface area contributed by atoms with E-state index in [0.717, 1.165) is 0 Å². The second-order valence-corrected chi connectivity index (χ2v) is 8.28. The standard InChI is InChI=1S/C20H22N2O7S/c1-2-25-9-4-8-21-19-20(22-18(29-19)16-5-3-10-26-16)30(23,24)14-6-7-15-17(13-14)28-12-11-27-15/h3,5-7,10,13,21H,2,4,8-9,11-12H2,1H3. The summed E-state index contributed by atoms with van der Waals surface area (Å²) in [6.45, 7) is 4.32. The Morgan fingerprint density at radius 2 is 2.00 bits per heavy atom. The molecular formula is C20H22N2O7S. The Morgan fingerprint density at radius 1 is 1.17 bits per heavy atom. The maximum absolute atomic E-state index is 13.3. The van der Waals surface area contributed by atoms with Gasteiger partial charge in [-0.15, -0.1) is 0 Å². The largest absolute Gasteiger partial charge is 0.486 e. The van der Waals surface area contributed by atoms with Gasteiger partial charge in [-0.05, 0) is 37.6 Å². The number of ether oxygens (including phenoxy) is 3. The minimum atomic E-state index is -4.00. The first kappa shape index (κ1) is 20.3. The molecule has 1 aromatic carbocycles.